The predicted molar refractivity (Wildman–Crippen MR) is 240 cm³/mol. The highest BCUT2D eigenvalue weighted by Gasteiger charge is 2.15. The van der Waals surface area contributed by atoms with Gasteiger partial charge in [-0.25, -0.2) is 0 Å². The third kappa shape index (κ3) is 10.9. The Labute approximate surface area is 332 Å². The Kier molecular flexibility index (Phi) is 14.6. The monoisotopic (exact) mass is 727 g/mol. The summed E-state index contributed by atoms with van der Waals surface area (Å²) in [4.78, 5) is 4.74. The highest BCUT2D eigenvalue weighted by atomic mass is 15.1. The number of rotatable bonds is 20. The molecule has 0 aliphatic rings. The third-order valence-electron chi connectivity index (χ3n) is 10.6. The van der Waals surface area contributed by atoms with Crippen LogP contribution in [0.1, 0.15) is 101 Å². The van der Waals surface area contributed by atoms with Crippen molar-refractivity contribution in [1.29, 1.82) is 0 Å². The lowest BCUT2D eigenvalue weighted by Crippen LogP contribution is -2.10. The van der Waals surface area contributed by atoms with Crippen molar-refractivity contribution in [3.05, 3.63) is 168 Å². The van der Waals surface area contributed by atoms with E-state index in [0.29, 0.717) is 0 Å². The van der Waals surface area contributed by atoms with Gasteiger partial charge in [-0.1, -0.05) is 102 Å². The van der Waals surface area contributed by atoms with Crippen LogP contribution in [0.3, 0.4) is 0 Å². The predicted octanol–water partition coefficient (Wildman–Crippen LogP) is 15.7. The number of benzene rings is 6. The highest BCUT2D eigenvalue weighted by Crippen LogP contribution is 2.38. The Morgan fingerprint density at radius 3 is 0.691 bits per heavy atom. The molecular weight excluding hydrogens is 667 g/mol. The van der Waals surface area contributed by atoms with Crippen molar-refractivity contribution in [1.82, 2.24) is 0 Å². The van der Waals surface area contributed by atoms with Crippen LogP contribution in [0.4, 0.5) is 45.5 Å². The molecule has 0 fully saturated rings. The van der Waals surface area contributed by atoms with Gasteiger partial charge in [0.25, 0.3) is 0 Å². The minimum atomic E-state index is 1.06. The highest BCUT2D eigenvalue weighted by molar-refractivity contribution is 5.80. The number of nitrogens with one attached hydrogen (secondary N) is 1. The number of anilines is 8. The average Bonchev–Trinajstić information content (AvgIpc) is 3.24. The summed E-state index contributed by atoms with van der Waals surface area (Å²) >= 11 is 0. The molecule has 0 saturated carbocycles. The Balaban J connectivity index is 1.22. The van der Waals surface area contributed by atoms with E-state index in [1.165, 1.54) is 96.4 Å². The first-order chi connectivity index (χ1) is 27.1. The molecule has 1 N–H and O–H groups in total. The van der Waals surface area contributed by atoms with Crippen LogP contribution in [0.2, 0.25) is 0 Å². The van der Waals surface area contributed by atoms with Gasteiger partial charge in [0, 0.05) is 45.5 Å². The second kappa shape index (κ2) is 20.4. The largest absolute Gasteiger partial charge is 0.356 e. The first-order valence-corrected chi connectivity index (χ1v) is 21.0. The zero-order chi connectivity index (χ0) is 38.2. The van der Waals surface area contributed by atoms with Crippen LogP contribution in [0.5, 0.6) is 0 Å². The lowest BCUT2D eigenvalue weighted by Gasteiger charge is -2.26. The first kappa shape index (κ1) is 39.4. The molecule has 0 atom stereocenters. The molecule has 0 spiro atoms. The van der Waals surface area contributed by atoms with Crippen molar-refractivity contribution >= 4 is 45.5 Å². The topological polar surface area (TPSA) is 18.5 Å². The van der Waals surface area contributed by atoms with Gasteiger partial charge in [-0.15, -0.1) is 0 Å². The Hall–Kier alpha value is -5.28. The molecular formula is C52H61N3. The fourth-order valence-corrected chi connectivity index (χ4v) is 7.22. The van der Waals surface area contributed by atoms with Gasteiger partial charge in [0.1, 0.15) is 0 Å². The minimum absolute atomic E-state index is 1.06. The van der Waals surface area contributed by atoms with Gasteiger partial charge in [-0.3, -0.25) is 0 Å². The van der Waals surface area contributed by atoms with Crippen molar-refractivity contribution < 1.29 is 0 Å². The van der Waals surface area contributed by atoms with Crippen molar-refractivity contribution in [3.63, 3.8) is 0 Å². The standard InChI is InChI=1S/C52H61N3/c1-5-9-13-41-17-29-47(30-18-41)54(48-31-19-42(20-32-48)14-10-6-2)51-37-25-45(26-38-51)53-46-27-39-52(40-28-46)55(49-33-21-43(22-34-49)15-11-7-3)50-35-23-44(24-36-50)16-12-8-4/h17-40,53H,5-16H2,1-4H3. The molecule has 284 valence electrons. The molecule has 55 heavy (non-hydrogen) atoms. The second-order valence-electron chi connectivity index (χ2n) is 15.0. The molecule has 0 heterocycles. The lowest BCUT2D eigenvalue weighted by atomic mass is 10.1. The summed E-state index contributed by atoms with van der Waals surface area (Å²) in [5.74, 6) is 0. The summed E-state index contributed by atoms with van der Waals surface area (Å²) in [5, 5.41) is 3.67. The van der Waals surface area contributed by atoms with Crippen LogP contribution in [0.25, 0.3) is 0 Å². The van der Waals surface area contributed by atoms with E-state index in [9.17, 15) is 0 Å². The van der Waals surface area contributed by atoms with Gasteiger partial charge in [0.05, 0.1) is 0 Å². The summed E-state index contributed by atoms with van der Waals surface area (Å²) in [7, 11) is 0. The molecule has 3 nitrogen and oxygen atoms in total. The van der Waals surface area contributed by atoms with Crippen LogP contribution in [-0.2, 0) is 25.7 Å². The first-order valence-electron chi connectivity index (χ1n) is 21.0. The van der Waals surface area contributed by atoms with Gasteiger partial charge in [-0.05, 0) is 171 Å². The third-order valence-corrected chi connectivity index (χ3v) is 10.6. The fourth-order valence-electron chi connectivity index (χ4n) is 7.22. The van der Waals surface area contributed by atoms with Crippen LogP contribution >= 0.6 is 0 Å². The molecule has 6 rings (SSSR count). The number of hydrogen-bond donors (Lipinski definition) is 1. The molecule has 3 heteroatoms. The SMILES string of the molecule is CCCCc1ccc(N(c2ccc(CCCC)cc2)c2ccc(Nc3ccc(N(c4ccc(CCCC)cc4)c4ccc(CCCC)cc4)cc3)cc2)cc1. The number of nitrogens with zero attached hydrogens (tertiary/aromatic N) is 2. The zero-order valence-electron chi connectivity index (χ0n) is 33.7. The summed E-state index contributed by atoms with van der Waals surface area (Å²) in [5.41, 5.74) is 14.7. The average molecular weight is 728 g/mol. The van der Waals surface area contributed by atoms with E-state index in [1.807, 2.05) is 0 Å². The van der Waals surface area contributed by atoms with E-state index in [0.717, 1.165) is 48.4 Å². The second-order valence-corrected chi connectivity index (χ2v) is 15.0. The van der Waals surface area contributed by atoms with E-state index in [1.54, 1.807) is 0 Å². The van der Waals surface area contributed by atoms with E-state index in [-0.39, 0.29) is 0 Å². The molecule has 6 aromatic rings. The van der Waals surface area contributed by atoms with Gasteiger partial charge in [-0.2, -0.15) is 0 Å². The molecule has 0 aliphatic heterocycles. The van der Waals surface area contributed by atoms with Gasteiger partial charge < -0.3 is 15.1 Å². The van der Waals surface area contributed by atoms with E-state index < -0.39 is 0 Å². The summed E-state index contributed by atoms with van der Waals surface area (Å²) in [6, 6.07) is 54.2. The maximum atomic E-state index is 3.67. The molecule has 0 bridgehead atoms. The Morgan fingerprint density at radius 1 is 0.291 bits per heavy atom. The van der Waals surface area contributed by atoms with Gasteiger partial charge in [0.15, 0.2) is 0 Å². The van der Waals surface area contributed by atoms with E-state index >= 15 is 0 Å². The number of aryl methyl sites for hydroxylation is 4. The molecule has 6 aromatic carbocycles. The Bertz CT molecular complexity index is 1730. The van der Waals surface area contributed by atoms with Crippen LogP contribution in [0, 0.1) is 0 Å². The lowest BCUT2D eigenvalue weighted by molar-refractivity contribution is 0.795. The van der Waals surface area contributed by atoms with Crippen molar-refractivity contribution in [2.75, 3.05) is 15.1 Å². The minimum Gasteiger partial charge on any atom is -0.356 e. The van der Waals surface area contributed by atoms with Crippen molar-refractivity contribution in [3.8, 4) is 0 Å². The van der Waals surface area contributed by atoms with E-state index in [2.05, 4.69) is 188 Å². The maximum absolute atomic E-state index is 3.67. The van der Waals surface area contributed by atoms with E-state index in [4.69, 9.17) is 0 Å². The smallest absolute Gasteiger partial charge is 0.0463 e. The fraction of sp³-hybridized carbons (Fsp3) is 0.308. The Morgan fingerprint density at radius 2 is 0.491 bits per heavy atom. The zero-order valence-corrected chi connectivity index (χ0v) is 33.7. The molecule has 0 aliphatic carbocycles. The normalized spacial score (nSPS) is 11.1. The molecule has 0 aromatic heterocycles. The number of unbranched alkanes of at least 4 members (excludes halogenated alkanes) is 4. The summed E-state index contributed by atoms with van der Waals surface area (Å²) < 4.78 is 0. The molecule has 0 saturated heterocycles. The maximum Gasteiger partial charge on any atom is 0.0463 e. The van der Waals surface area contributed by atoms with Crippen LogP contribution in [0.15, 0.2) is 146 Å². The summed E-state index contributed by atoms with van der Waals surface area (Å²) in [6.07, 6.45) is 14.2. The van der Waals surface area contributed by atoms with Gasteiger partial charge in [0.2, 0.25) is 0 Å². The number of hydrogen-bond acceptors (Lipinski definition) is 3. The quantitative estimate of drug-likeness (QED) is 0.0845. The van der Waals surface area contributed by atoms with Crippen LogP contribution in [-0.4, -0.2) is 0 Å². The van der Waals surface area contributed by atoms with Crippen molar-refractivity contribution in [2.24, 2.45) is 0 Å². The molecule has 0 radical (unpaired) electrons. The molecule has 0 unspecified atom stereocenters. The van der Waals surface area contributed by atoms with Gasteiger partial charge >= 0.3 is 0 Å². The molecule has 0 amide bonds. The summed E-state index contributed by atoms with van der Waals surface area (Å²) in [6.45, 7) is 9.02. The van der Waals surface area contributed by atoms with Crippen LogP contribution < -0.4 is 15.1 Å². The van der Waals surface area contributed by atoms with Crippen molar-refractivity contribution in [2.45, 2.75) is 105 Å².